The van der Waals surface area contributed by atoms with Gasteiger partial charge in [-0.25, -0.2) is 0 Å². The molecule has 1 aromatic heterocycles. The molecule has 5 nitrogen and oxygen atoms in total. The van der Waals surface area contributed by atoms with Crippen LogP contribution in [0.5, 0.6) is 0 Å². The minimum absolute atomic E-state index is 0.0464. The molecule has 2 N–H and O–H groups in total. The van der Waals surface area contributed by atoms with E-state index in [1.54, 1.807) is 24.5 Å². The zero-order chi connectivity index (χ0) is 11.7. The average Bonchev–Trinajstić information content (AvgIpc) is 2.19. The first kappa shape index (κ1) is 13.1. The third-order valence-corrected chi connectivity index (χ3v) is 1.28. The molecule has 82 valence electrons. The molecule has 0 atom stereocenters. The first-order valence-electron chi connectivity index (χ1n) is 4.45. The van der Waals surface area contributed by atoms with Gasteiger partial charge in [-0.3, -0.25) is 14.6 Å². The number of aromatic nitrogens is 1. The summed E-state index contributed by atoms with van der Waals surface area (Å²) < 4.78 is 0. The minimum Gasteiger partial charge on any atom is -0.481 e. The van der Waals surface area contributed by atoms with Crippen LogP contribution in [0, 0.1) is 0 Å². The number of pyridine rings is 1. The van der Waals surface area contributed by atoms with Gasteiger partial charge in [0.1, 0.15) is 0 Å². The Morgan fingerprint density at radius 3 is 2.27 bits per heavy atom. The molecule has 15 heavy (non-hydrogen) atoms. The summed E-state index contributed by atoms with van der Waals surface area (Å²) >= 11 is 0. The van der Waals surface area contributed by atoms with Crippen LogP contribution in [-0.2, 0) is 4.79 Å². The lowest BCUT2D eigenvalue weighted by molar-refractivity contribution is -0.134. The van der Waals surface area contributed by atoms with Gasteiger partial charge in [0.2, 0.25) is 0 Å². The summed E-state index contributed by atoms with van der Waals surface area (Å²) in [6.07, 6.45) is 3.20. The van der Waals surface area contributed by atoms with E-state index in [1.807, 2.05) is 6.92 Å². The Morgan fingerprint density at radius 1 is 1.40 bits per heavy atom. The maximum absolute atomic E-state index is 11.1. The molecule has 0 saturated carbocycles. The fraction of sp³-hybridized carbons (Fsp3) is 0.300. The Labute approximate surface area is 88.1 Å². The summed E-state index contributed by atoms with van der Waals surface area (Å²) in [5.74, 6) is -0.880. The van der Waals surface area contributed by atoms with Crippen LogP contribution in [0.1, 0.15) is 24.2 Å². The fourth-order valence-electron chi connectivity index (χ4n) is 0.766. The van der Waals surface area contributed by atoms with Gasteiger partial charge in [0.15, 0.2) is 0 Å². The summed E-state index contributed by atoms with van der Waals surface area (Å²) in [6, 6.07) is 3.37. The third kappa shape index (κ3) is 7.18. The van der Waals surface area contributed by atoms with E-state index in [0.717, 1.165) is 6.92 Å². The highest BCUT2D eigenvalue weighted by Gasteiger charge is 2.00. The SMILES string of the molecule is CC(=O)O.CCNC(=O)c1ccncc1. The van der Waals surface area contributed by atoms with Crippen molar-refractivity contribution in [2.45, 2.75) is 13.8 Å². The number of amides is 1. The van der Waals surface area contributed by atoms with Gasteiger partial charge in [-0.2, -0.15) is 0 Å². The number of hydrogen-bond acceptors (Lipinski definition) is 3. The number of hydrogen-bond donors (Lipinski definition) is 2. The molecule has 0 radical (unpaired) electrons. The smallest absolute Gasteiger partial charge is 0.300 e. The van der Waals surface area contributed by atoms with Crippen LogP contribution in [0.25, 0.3) is 0 Å². The van der Waals surface area contributed by atoms with Gasteiger partial charge in [0.05, 0.1) is 0 Å². The predicted octanol–water partition coefficient (Wildman–Crippen LogP) is 0.922. The Bertz CT molecular complexity index is 308. The zero-order valence-electron chi connectivity index (χ0n) is 8.73. The zero-order valence-corrected chi connectivity index (χ0v) is 8.73. The number of carbonyl (C=O) groups is 2. The molecule has 1 heterocycles. The molecule has 0 fully saturated rings. The number of carboxylic acids is 1. The second-order valence-corrected chi connectivity index (χ2v) is 2.61. The fourth-order valence-corrected chi connectivity index (χ4v) is 0.766. The van der Waals surface area contributed by atoms with Crippen LogP contribution >= 0.6 is 0 Å². The van der Waals surface area contributed by atoms with Crippen LogP contribution in [0.3, 0.4) is 0 Å². The average molecular weight is 210 g/mol. The van der Waals surface area contributed by atoms with Crippen LogP contribution in [0.4, 0.5) is 0 Å². The molecule has 0 aromatic carbocycles. The second-order valence-electron chi connectivity index (χ2n) is 2.61. The van der Waals surface area contributed by atoms with E-state index in [0.29, 0.717) is 12.1 Å². The van der Waals surface area contributed by atoms with Gasteiger partial charge >= 0.3 is 0 Å². The molecule has 1 amide bonds. The molecule has 0 spiro atoms. The second kappa shape index (κ2) is 7.49. The van der Waals surface area contributed by atoms with Crippen molar-refractivity contribution in [2.75, 3.05) is 6.54 Å². The molecular formula is C10H14N2O3. The Kier molecular flexibility index (Phi) is 6.54. The van der Waals surface area contributed by atoms with Gasteiger partial charge in [-0.1, -0.05) is 0 Å². The quantitative estimate of drug-likeness (QED) is 0.760. The highest BCUT2D eigenvalue weighted by Crippen LogP contribution is 1.94. The number of carbonyl (C=O) groups excluding carboxylic acids is 1. The summed E-state index contributed by atoms with van der Waals surface area (Å²) in [5.41, 5.74) is 0.654. The summed E-state index contributed by atoms with van der Waals surface area (Å²) in [6.45, 7) is 3.63. The Morgan fingerprint density at radius 2 is 1.87 bits per heavy atom. The molecule has 0 aliphatic carbocycles. The predicted molar refractivity (Wildman–Crippen MR) is 55.6 cm³/mol. The van der Waals surface area contributed by atoms with Crippen LogP contribution in [0.15, 0.2) is 24.5 Å². The molecule has 0 saturated heterocycles. The van der Waals surface area contributed by atoms with Crippen molar-refractivity contribution in [3.8, 4) is 0 Å². The summed E-state index contributed by atoms with van der Waals surface area (Å²) in [5, 5.41) is 10.1. The van der Waals surface area contributed by atoms with Crippen LogP contribution in [0.2, 0.25) is 0 Å². The highest BCUT2D eigenvalue weighted by atomic mass is 16.4. The lowest BCUT2D eigenvalue weighted by atomic mass is 10.2. The van der Waals surface area contributed by atoms with Gasteiger partial charge in [0.25, 0.3) is 11.9 Å². The standard InChI is InChI=1S/C8H10N2O.C2H4O2/c1-2-10-8(11)7-3-5-9-6-4-7;1-2(3)4/h3-6H,2H2,1H3,(H,10,11);1H3,(H,3,4). The maximum Gasteiger partial charge on any atom is 0.300 e. The van der Waals surface area contributed by atoms with Crippen molar-refractivity contribution in [3.05, 3.63) is 30.1 Å². The molecule has 0 bridgehead atoms. The number of aliphatic carboxylic acids is 1. The maximum atomic E-state index is 11.1. The van der Waals surface area contributed by atoms with Crippen molar-refractivity contribution < 1.29 is 14.7 Å². The van der Waals surface area contributed by atoms with E-state index in [1.165, 1.54) is 0 Å². The van der Waals surface area contributed by atoms with Crippen LogP contribution < -0.4 is 5.32 Å². The van der Waals surface area contributed by atoms with Crippen molar-refractivity contribution in [3.63, 3.8) is 0 Å². The van der Waals surface area contributed by atoms with E-state index < -0.39 is 5.97 Å². The minimum atomic E-state index is -0.833. The first-order chi connectivity index (χ1) is 7.07. The number of nitrogens with zero attached hydrogens (tertiary/aromatic N) is 1. The van der Waals surface area contributed by atoms with E-state index >= 15 is 0 Å². The Hall–Kier alpha value is -1.91. The van der Waals surface area contributed by atoms with Crippen molar-refractivity contribution in [1.29, 1.82) is 0 Å². The van der Waals surface area contributed by atoms with Gasteiger partial charge in [0, 0.05) is 31.4 Å². The largest absolute Gasteiger partial charge is 0.481 e. The van der Waals surface area contributed by atoms with E-state index in [9.17, 15) is 4.79 Å². The molecule has 1 rings (SSSR count). The number of nitrogens with one attached hydrogen (secondary N) is 1. The molecule has 0 unspecified atom stereocenters. The number of rotatable bonds is 2. The van der Waals surface area contributed by atoms with Gasteiger partial charge < -0.3 is 10.4 Å². The lowest BCUT2D eigenvalue weighted by Gasteiger charge is -1.99. The lowest BCUT2D eigenvalue weighted by Crippen LogP contribution is -2.22. The van der Waals surface area contributed by atoms with Crippen LogP contribution in [-0.4, -0.2) is 28.5 Å². The molecule has 1 aromatic rings. The molecule has 0 aliphatic heterocycles. The van der Waals surface area contributed by atoms with E-state index in [-0.39, 0.29) is 5.91 Å². The van der Waals surface area contributed by atoms with Gasteiger partial charge in [-0.15, -0.1) is 0 Å². The highest BCUT2D eigenvalue weighted by molar-refractivity contribution is 5.93. The summed E-state index contributed by atoms with van der Waals surface area (Å²) in [7, 11) is 0. The van der Waals surface area contributed by atoms with E-state index in [4.69, 9.17) is 9.90 Å². The monoisotopic (exact) mass is 210 g/mol. The molecule has 5 heteroatoms. The Balaban J connectivity index is 0.000000423. The normalized spacial score (nSPS) is 8.40. The molecule has 0 aliphatic rings. The van der Waals surface area contributed by atoms with E-state index in [2.05, 4.69) is 10.3 Å². The van der Waals surface area contributed by atoms with Gasteiger partial charge in [-0.05, 0) is 19.1 Å². The third-order valence-electron chi connectivity index (χ3n) is 1.28. The van der Waals surface area contributed by atoms with Crippen molar-refractivity contribution in [2.24, 2.45) is 0 Å². The molecular weight excluding hydrogens is 196 g/mol. The van der Waals surface area contributed by atoms with Crippen molar-refractivity contribution >= 4 is 11.9 Å². The number of carboxylic acid groups (broad SMARTS) is 1. The summed E-state index contributed by atoms with van der Waals surface area (Å²) in [4.78, 5) is 23.9. The topological polar surface area (TPSA) is 79.3 Å². The van der Waals surface area contributed by atoms with Crippen molar-refractivity contribution in [1.82, 2.24) is 10.3 Å². The first-order valence-corrected chi connectivity index (χ1v) is 4.45.